The molecule has 0 radical (unpaired) electrons. The maximum absolute atomic E-state index is 12.8. The second-order valence-electron chi connectivity index (χ2n) is 10.9. The van der Waals surface area contributed by atoms with Crippen molar-refractivity contribution in [1.29, 1.82) is 0 Å². The molecule has 4 rings (SSSR count). The number of aromatic nitrogens is 2. The van der Waals surface area contributed by atoms with Gasteiger partial charge in [-0.05, 0) is 67.5 Å². The Hall–Kier alpha value is -4.20. The van der Waals surface area contributed by atoms with Gasteiger partial charge in [0.05, 0.1) is 39.0 Å². The summed E-state index contributed by atoms with van der Waals surface area (Å²) in [6.07, 6.45) is 5.76. The number of carbonyl (C=O) groups is 1. The van der Waals surface area contributed by atoms with Gasteiger partial charge in [0.2, 0.25) is 5.75 Å². The van der Waals surface area contributed by atoms with Gasteiger partial charge in [-0.15, -0.1) is 0 Å². The van der Waals surface area contributed by atoms with E-state index in [0.29, 0.717) is 41.9 Å². The Bertz CT molecular complexity index is 1450. The zero-order valence-corrected chi connectivity index (χ0v) is 26.2. The van der Waals surface area contributed by atoms with Crippen molar-refractivity contribution in [3.8, 4) is 23.0 Å². The van der Waals surface area contributed by atoms with E-state index in [1.807, 2.05) is 12.1 Å². The monoisotopic (exact) mass is 587 g/mol. The molecule has 43 heavy (non-hydrogen) atoms. The number of ether oxygens (including phenoxy) is 4. The van der Waals surface area contributed by atoms with Crippen molar-refractivity contribution in [2.75, 3.05) is 34.5 Å². The van der Waals surface area contributed by atoms with E-state index in [1.165, 1.54) is 25.3 Å². The average molecular weight is 588 g/mol. The maximum atomic E-state index is 12.8. The molecule has 0 atom stereocenters. The number of hydrogen-bond donors (Lipinski definition) is 1. The lowest BCUT2D eigenvalue weighted by atomic mass is 10.0. The number of amides is 1. The van der Waals surface area contributed by atoms with Gasteiger partial charge in [0, 0.05) is 25.1 Å². The van der Waals surface area contributed by atoms with Crippen LogP contribution in [0.5, 0.6) is 23.0 Å². The molecule has 0 bridgehead atoms. The van der Waals surface area contributed by atoms with Crippen molar-refractivity contribution in [3.05, 3.63) is 77.6 Å². The third-order valence-electron chi connectivity index (χ3n) is 7.60. The number of hydrogen-bond acceptors (Lipinski definition) is 6. The predicted octanol–water partition coefficient (Wildman–Crippen LogP) is 7.19. The van der Waals surface area contributed by atoms with E-state index in [4.69, 9.17) is 23.9 Å². The van der Waals surface area contributed by atoms with Crippen LogP contribution < -0.4 is 24.3 Å². The molecule has 230 valence electrons. The van der Waals surface area contributed by atoms with Gasteiger partial charge in [-0.2, -0.15) is 0 Å². The molecule has 0 saturated heterocycles. The van der Waals surface area contributed by atoms with Crippen LogP contribution in [0.2, 0.25) is 0 Å². The topological polar surface area (TPSA) is 83.8 Å². The number of nitrogens with one attached hydrogen (secondary N) is 1. The maximum Gasteiger partial charge on any atom is 0.251 e. The Morgan fingerprint density at radius 1 is 0.837 bits per heavy atom. The first-order valence-electron chi connectivity index (χ1n) is 15.2. The van der Waals surface area contributed by atoms with Crippen molar-refractivity contribution in [2.45, 2.75) is 64.8 Å². The third kappa shape index (κ3) is 8.21. The van der Waals surface area contributed by atoms with Crippen LogP contribution in [0.15, 0.2) is 60.7 Å². The lowest BCUT2D eigenvalue weighted by molar-refractivity contribution is 0.0952. The average Bonchev–Trinajstić information content (AvgIpc) is 3.38. The number of carbonyl (C=O) groups excluding carboxylic acids is 1. The smallest absolute Gasteiger partial charge is 0.251 e. The van der Waals surface area contributed by atoms with E-state index in [9.17, 15) is 4.79 Å². The predicted molar refractivity (Wildman–Crippen MR) is 171 cm³/mol. The van der Waals surface area contributed by atoms with Gasteiger partial charge in [-0.3, -0.25) is 4.79 Å². The van der Waals surface area contributed by atoms with Crippen molar-refractivity contribution >= 4 is 16.9 Å². The van der Waals surface area contributed by atoms with Crippen LogP contribution in [0.3, 0.4) is 0 Å². The number of benzene rings is 3. The van der Waals surface area contributed by atoms with Crippen LogP contribution in [0.1, 0.15) is 73.6 Å². The number of rotatable bonds is 17. The molecule has 0 aliphatic rings. The van der Waals surface area contributed by atoms with E-state index in [-0.39, 0.29) is 5.91 Å². The summed E-state index contributed by atoms with van der Waals surface area (Å²) in [5.74, 6) is 3.76. The first-order chi connectivity index (χ1) is 21.0. The highest BCUT2D eigenvalue weighted by Crippen LogP contribution is 2.38. The minimum atomic E-state index is -0.169. The Morgan fingerprint density at radius 2 is 1.56 bits per heavy atom. The second-order valence-corrected chi connectivity index (χ2v) is 10.9. The molecule has 0 unspecified atom stereocenters. The highest BCUT2D eigenvalue weighted by atomic mass is 16.5. The summed E-state index contributed by atoms with van der Waals surface area (Å²) < 4.78 is 24.6. The number of methoxy groups -OCH3 is 3. The summed E-state index contributed by atoms with van der Waals surface area (Å²) in [5.41, 5.74) is 3.95. The van der Waals surface area contributed by atoms with E-state index in [1.54, 1.807) is 19.2 Å². The normalized spacial score (nSPS) is 11.1. The van der Waals surface area contributed by atoms with Crippen LogP contribution in [-0.4, -0.2) is 49.9 Å². The van der Waals surface area contributed by atoms with Crippen LogP contribution in [-0.2, 0) is 13.0 Å². The molecule has 0 saturated carbocycles. The molecular formula is C35H45N3O5. The molecule has 0 spiro atoms. The fraction of sp³-hybridized carbons (Fsp3) is 0.429. The molecule has 0 aliphatic heterocycles. The molecule has 1 heterocycles. The molecule has 0 fully saturated rings. The fourth-order valence-electron chi connectivity index (χ4n) is 5.31. The summed E-state index contributed by atoms with van der Waals surface area (Å²) in [6, 6.07) is 20.0. The highest BCUT2D eigenvalue weighted by molar-refractivity contribution is 5.95. The SMILES string of the molecule is COc1cc(C(=O)NCCCCCc2nc3ccccc3n2CCCCOc2ccccc2C(C)C)cc(OC)c1OC. The van der Waals surface area contributed by atoms with Crippen molar-refractivity contribution < 1.29 is 23.7 Å². The van der Waals surface area contributed by atoms with Gasteiger partial charge in [0.25, 0.3) is 5.91 Å². The molecule has 4 aromatic rings. The number of aryl methyl sites for hydroxylation is 2. The molecule has 1 amide bonds. The van der Waals surface area contributed by atoms with Crippen molar-refractivity contribution in [1.82, 2.24) is 14.9 Å². The number of unbranched alkanes of at least 4 members (excludes halogenated alkanes) is 3. The molecule has 8 nitrogen and oxygen atoms in total. The number of nitrogens with zero attached hydrogens (tertiary/aromatic N) is 2. The standard InChI is InChI=1S/C35H45N3O5/c1-25(2)27-15-8-11-18-30(27)43-22-14-13-21-38-29-17-10-9-16-28(29)37-33(38)19-7-6-12-20-36-35(39)26-23-31(40-3)34(42-5)32(24-26)41-4/h8-11,15-18,23-25H,6-7,12-14,19-22H2,1-5H3,(H,36,39). The lowest BCUT2D eigenvalue weighted by Gasteiger charge is -2.14. The van der Waals surface area contributed by atoms with Crippen LogP contribution in [0.25, 0.3) is 11.0 Å². The van der Waals surface area contributed by atoms with Gasteiger partial charge in [-0.25, -0.2) is 4.98 Å². The molecular weight excluding hydrogens is 542 g/mol. The van der Waals surface area contributed by atoms with Gasteiger partial charge in [0.1, 0.15) is 11.6 Å². The Kier molecular flexibility index (Phi) is 11.7. The molecule has 1 aromatic heterocycles. The highest BCUT2D eigenvalue weighted by Gasteiger charge is 2.17. The summed E-state index contributed by atoms with van der Waals surface area (Å²) in [5, 5.41) is 3.01. The Morgan fingerprint density at radius 3 is 2.28 bits per heavy atom. The third-order valence-corrected chi connectivity index (χ3v) is 7.60. The Balaban J connectivity index is 1.25. The lowest BCUT2D eigenvalue weighted by Crippen LogP contribution is -2.24. The fourth-order valence-corrected chi connectivity index (χ4v) is 5.31. The Labute approximate surface area is 255 Å². The van der Waals surface area contributed by atoms with Gasteiger partial charge in [0.15, 0.2) is 11.5 Å². The zero-order chi connectivity index (χ0) is 30.6. The number of para-hydroxylation sites is 3. The van der Waals surface area contributed by atoms with E-state index in [0.717, 1.165) is 62.2 Å². The molecule has 3 aromatic carbocycles. The molecule has 1 N–H and O–H groups in total. The van der Waals surface area contributed by atoms with E-state index >= 15 is 0 Å². The summed E-state index contributed by atoms with van der Waals surface area (Å²) in [7, 11) is 4.62. The molecule has 0 aliphatic carbocycles. The van der Waals surface area contributed by atoms with Crippen LogP contribution >= 0.6 is 0 Å². The number of imidazole rings is 1. The minimum Gasteiger partial charge on any atom is -0.493 e. The first-order valence-corrected chi connectivity index (χ1v) is 15.2. The van der Waals surface area contributed by atoms with Gasteiger partial charge < -0.3 is 28.8 Å². The van der Waals surface area contributed by atoms with E-state index < -0.39 is 0 Å². The quantitative estimate of drug-likeness (QED) is 0.132. The van der Waals surface area contributed by atoms with Gasteiger partial charge >= 0.3 is 0 Å². The minimum absolute atomic E-state index is 0.169. The summed E-state index contributed by atoms with van der Waals surface area (Å²) in [6.45, 7) is 6.60. The van der Waals surface area contributed by atoms with Gasteiger partial charge in [-0.1, -0.05) is 50.6 Å². The number of fused-ring (bicyclic) bond motifs is 1. The summed E-state index contributed by atoms with van der Waals surface area (Å²) >= 11 is 0. The zero-order valence-electron chi connectivity index (χ0n) is 26.2. The van der Waals surface area contributed by atoms with Crippen LogP contribution in [0, 0.1) is 0 Å². The molecule has 8 heteroatoms. The van der Waals surface area contributed by atoms with Crippen molar-refractivity contribution in [3.63, 3.8) is 0 Å². The first kappa shape index (κ1) is 31.7. The second kappa shape index (κ2) is 15.9. The van der Waals surface area contributed by atoms with Crippen molar-refractivity contribution in [2.24, 2.45) is 0 Å². The van der Waals surface area contributed by atoms with Crippen LogP contribution in [0.4, 0.5) is 0 Å². The largest absolute Gasteiger partial charge is 0.493 e. The van der Waals surface area contributed by atoms with E-state index in [2.05, 4.69) is 60.1 Å². The summed E-state index contributed by atoms with van der Waals surface area (Å²) in [4.78, 5) is 17.7.